The molecule has 0 spiro atoms. The van der Waals surface area contributed by atoms with E-state index in [4.69, 9.17) is 4.74 Å². The second-order valence-corrected chi connectivity index (χ2v) is 8.33. The Morgan fingerprint density at radius 3 is 2.23 bits per heavy atom. The average molecular weight is 476 g/mol. The van der Waals surface area contributed by atoms with Crippen molar-refractivity contribution in [2.24, 2.45) is 0 Å². The van der Waals surface area contributed by atoms with Crippen LogP contribution < -0.4 is 4.74 Å². The zero-order valence-corrected chi connectivity index (χ0v) is 19.3. The SMILES string of the molecule is CCOc1ccc(-n2nnnc2CN2CCN(C(=O)CN3C(=O)c4ccccc4C3=O)CC2)cc1. The van der Waals surface area contributed by atoms with Gasteiger partial charge in [0.1, 0.15) is 12.3 Å². The van der Waals surface area contributed by atoms with Crippen molar-refractivity contribution in [1.82, 2.24) is 34.9 Å². The minimum atomic E-state index is -0.418. The number of hydrogen-bond acceptors (Lipinski definition) is 8. The van der Waals surface area contributed by atoms with Gasteiger partial charge in [0, 0.05) is 26.2 Å². The number of imide groups is 1. The van der Waals surface area contributed by atoms with Crippen molar-refractivity contribution in [3.05, 3.63) is 65.5 Å². The molecule has 0 N–H and O–H groups in total. The van der Waals surface area contributed by atoms with Gasteiger partial charge < -0.3 is 9.64 Å². The van der Waals surface area contributed by atoms with Crippen LogP contribution in [-0.4, -0.2) is 92.0 Å². The average Bonchev–Trinajstić information content (AvgIpc) is 3.44. The molecule has 3 aromatic rings. The van der Waals surface area contributed by atoms with E-state index in [-0.39, 0.29) is 12.5 Å². The molecule has 3 heterocycles. The van der Waals surface area contributed by atoms with Gasteiger partial charge in [0.25, 0.3) is 11.8 Å². The molecule has 2 aromatic carbocycles. The minimum Gasteiger partial charge on any atom is -0.494 e. The number of rotatable bonds is 7. The van der Waals surface area contributed by atoms with Gasteiger partial charge in [-0.3, -0.25) is 24.2 Å². The summed E-state index contributed by atoms with van der Waals surface area (Å²) in [6.07, 6.45) is 0. The molecular formula is C24H25N7O4. The Kier molecular flexibility index (Phi) is 6.23. The Morgan fingerprint density at radius 2 is 1.60 bits per heavy atom. The van der Waals surface area contributed by atoms with Gasteiger partial charge in [0.15, 0.2) is 5.82 Å². The predicted molar refractivity (Wildman–Crippen MR) is 124 cm³/mol. The largest absolute Gasteiger partial charge is 0.494 e. The molecule has 1 saturated heterocycles. The van der Waals surface area contributed by atoms with Gasteiger partial charge in [-0.1, -0.05) is 12.1 Å². The molecular weight excluding hydrogens is 450 g/mol. The highest BCUT2D eigenvalue weighted by atomic mass is 16.5. The predicted octanol–water partition coefficient (Wildman–Crippen LogP) is 1.00. The third-order valence-electron chi connectivity index (χ3n) is 6.19. The van der Waals surface area contributed by atoms with Crippen LogP contribution >= 0.6 is 0 Å². The Balaban J connectivity index is 1.16. The van der Waals surface area contributed by atoms with Crippen molar-refractivity contribution in [1.29, 1.82) is 0 Å². The van der Waals surface area contributed by atoms with Crippen molar-refractivity contribution in [3.8, 4) is 11.4 Å². The lowest BCUT2D eigenvalue weighted by Crippen LogP contribution is -2.51. The summed E-state index contributed by atoms with van der Waals surface area (Å²) in [5.41, 5.74) is 1.53. The molecule has 3 amide bonds. The Bertz CT molecular complexity index is 1210. The number of piperazine rings is 1. The van der Waals surface area contributed by atoms with Crippen LogP contribution in [0.4, 0.5) is 0 Å². The summed E-state index contributed by atoms with van der Waals surface area (Å²) in [6, 6.07) is 14.2. The lowest BCUT2D eigenvalue weighted by Gasteiger charge is -2.34. The summed E-state index contributed by atoms with van der Waals surface area (Å²) in [6.45, 7) is 5.06. The first kappa shape index (κ1) is 22.7. The van der Waals surface area contributed by atoms with Crippen molar-refractivity contribution >= 4 is 17.7 Å². The second-order valence-electron chi connectivity index (χ2n) is 8.33. The van der Waals surface area contributed by atoms with Crippen LogP contribution in [0.15, 0.2) is 48.5 Å². The molecule has 0 radical (unpaired) electrons. The molecule has 5 rings (SSSR count). The molecule has 180 valence electrons. The highest BCUT2D eigenvalue weighted by molar-refractivity contribution is 6.22. The van der Waals surface area contributed by atoms with E-state index in [0.29, 0.717) is 56.3 Å². The van der Waals surface area contributed by atoms with Gasteiger partial charge in [-0.2, -0.15) is 4.68 Å². The molecule has 0 atom stereocenters. The highest BCUT2D eigenvalue weighted by Gasteiger charge is 2.37. The summed E-state index contributed by atoms with van der Waals surface area (Å²) >= 11 is 0. The molecule has 0 bridgehead atoms. The van der Waals surface area contributed by atoms with Crippen molar-refractivity contribution in [2.75, 3.05) is 39.3 Å². The number of hydrogen-bond donors (Lipinski definition) is 0. The van der Waals surface area contributed by atoms with Gasteiger partial charge in [-0.25, -0.2) is 0 Å². The fraction of sp³-hybridized carbons (Fsp3) is 0.333. The van der Waals surface area contributed by atoms with Crippen LogP contribution in [0, 0.1) is 0 Å². The molecule has 2 aliphatic heterocycles. The second kappa shape index (κ2) is 9.63. The summed E-state index contributed by atoms with van der Waals surface area (Å²) in [5, 5.41) is 12.1. The first-order valence-electron chi connectivity index (χ1n) is 11.5. The van der Waals surface area contributed by atoms with Crippen LogP contribution in [0.1, 0.15) is 33.5 Å². The molecule has 35 heavy (non-hydrogen) atoms. The summed E-state index contributed by atoms with van der Waals surface area (Å²) in [7, 11) is 0. The number of fused-ring (bicyclic) bond motifs is 1. The number of benzene rings is 2. The zero-order valence-electron chi connectivity index (χ0n) is 19.3. The quantitative estimate of drug-likeness (QED) is 0.465. The molecule has 0 saturated carbocycles. The van der Waals surface area contributed by atoms with Crippen LogP contribution in [0.5, 0.6) is 5.75 Å². The van der Waals surface area contributed by atoms with E-state index in [1.54, 1.807) is 33.8 Å². The monoisotopic (exact) mass is 475 g/mol. The minimum absolute atomic E-state index is 0.238. The molecule has 2 aliphatic rings. The lowest BCUT2D eigenvalue weighted by molar-refractivity contribution is -0.133. The molecule has 11 heteroatoms. The number of carbonyl (C=O) groups excluding carboxylic acids is 3. The van der Waals surface area contributed by atoms with Crippen LogP contribution in [0.3, 0.4) is 0 Å². The first-order chi connectivity index (χ1) is 17.0. The smallest absolute Gasteiger partial charge is 0.262 e. The van der Waals surface area contributed by atoms with E-state index in [1.165, 1.54) is 0 Å². The van der Waals surface area contributed by atoms with Gasteiger partial charge in [0.2, 0.25) is 5.91 Å². The van der Waals surface area contributed by atoms with Gasteiger partial charge in [-0.05, 0) is 53.7 Å². The van der Waals surface area contributed by atoms with Gasteiger partial charge >= 0.3 is 0 Å². The van der Waals surface area contributed by atoms with E-state index < -0.39 is 11.8 Å². The van der Waals surface area contributed by atoms with Crippen LogP contribution in [0.2, 0.25) is 0 Å². The third-order valence-corrected chi connectivity index (χ3v) is 6.19. The Morgan fingerprint density at radius 1 is 0.943 bits per heavy atom. The number of carbonyl (C=O) groups is 3. The molecule has 1 aromatic heterocycles. The lowest BCUT2D eigenvalue weighted by atomic mass is 10.1. The highest BCUT2D eigenvalue weighted by Crippen LogP contribution is 2.22. The third kappa shape index (κ3) is 4.50. The topological polar surface area (TPSA) is 114 Å². The fourth-order valence-corrected chi connectivity index (χ4v) is 4.33. The van der Waals surface area contributed by atoms with E-state index in [9.17, 15) is 14.4 Å². The van der Waals surface area contributed by atoms with E-state index in [1.807, 2.05) is 31.2 Å². The van der Waals surface area contributed by atoms with Crippen molar-refractivity contribution in [3.63, 3.8) is 0 Å². The summed E-state index contributed by atoms with van der Waals surface area (Å²) in [5.74, 6) is 0.406. The standard InChI is InChI=1S/C24H25N7O4/c1-2-35-18-9-7-17(8-10-18)31-21(25-26-27-31)15-28-11-13-29(14-12-28)22(32)16-30-23(33)19-5-3-4-6-20(19)24(30)34/h3-10H,2,11-16H2,1H3. The number of nitrogens with zero attached hydrogens (tertiary/aromatic N) is 7. The number of aromatic nitrogens is 4. The van der Waals surface area contributed by atoms with Crippen LogP contribution in [0.25, 0.3) is 5.69 Å². The summed E-state index contributed by atoms with van der Waals surface area (Å²) in [4.78, 5) is 42.8. The van der Waals surface area contributed by atoms with Gasteiger partial charge in [-0.15, -0.1) is 5.10 Å². The van der Waals surface area contributed by atoms with Crippen molar-refractivity contribution in [2.45, 2.75) is 13.5 Å². The zero-order chi connectivity index (χ0) is 24.4. The number of amides is 3. The summed E-state index contributed by atoms with van der Waals surface area (Å²) < 4.78 is 7.18. The molecule has 0 aliphatic carbocycles. The molecule has 0 unspecified atom stereocenters. The fourth-order valence-electron chi connectivity index (χ4n) is 4.33. The van der Waals surface area contributed by atoms with E-state index in [0.717, 1.165) is 16.3 Å². The van der Waals surface area contributed by atoms with E-state index >= 15 is 0 Å². The Hall–Kier alpha value is -4.12. The number of ether oxygens (including phenoxy) is 1. The maximum Gasteiger partial charge on any atom is 0.262 e. The van der Waals surface area contributed by atoms with E-state index in [2.05, 4.69) is 20.4 Å². The molecule has 11 nitrogen and oxygen atoms in total. The first-order valence-corrected chi connectivity index (χ1v) is 11.5. The van der Waals surface area contributed by atoms with Crippen LogP contribution in [-0.2, 0) is 11.3 Å². The number of tetrazole rings is 1. The molecule has 1 fully saturated rings. The van der Waals surface area contributed by atoms with Crippen molar-refractivity contribution < 1.29 is 19.1 Å². The Labute approximate surface area is 201 Å². The van der Waals surface area contributed by atoms with Gasteiger partial charge in [0.05, 0.1) is 30.0 Å². The normalized spacial score (nSPS) is 16.0. The maximum atomic E-state index is 12.8. The maximum absolute atomic E-state index is 12.8.